The molecule has 0 aliphatic rings. The molecule has 0 amide bonds. The summed E-state index contributed by atoms with van der Waals surface area (Å²) in [6.07, 6.45) is 0.461. The van der Waals surface area contributed by atoms with Gasteiger partial charge in [0.15, 0.2) is 0 Å². The highest BCUT2D eigenvalue weighted by Crippen LogP contribution is 2.29. The Bertz CT molecular complexity index is 589. The van der Waals surface area contributed by atoms with Gasteiger partial charge in [0.2, 0.25) is 10.0 Å². The van der Waals surface area contributed by atoms with E-state index in [4.69, 9.17) is 23.2 Å². The normalized spacial score (nSPS) is 11.5. The third-order valence-corrected chi connectivity index (χ3v) is 4.50. The van der Waals surface area contributed by atoms with Gasteiger partial charge in [0.1, 0.15) is 0 Å². The highest BCUT2D eigenvalue weighted by Gasteiger charge is 2.22. The molecule has 106 valence electrons. The number of nitro benzene ring substituents is 1. The molecular weight excluding hydrogens is 315 g/mol. The highest BCUT2D eigenvalue weighted by molar-refractivity contribution is 7.89. The molecule has 0 bridgehead atoms. The number of hydrogen-bond acceptors (Lipinski definition) is 4. The lowest BCUT2D eigenvalue weighted by molar-refractivity contribution is -0.385. The fourth-order valence-corrected chi connectivity index (χ4v) is 2.87. The van der Waals surface area contributed by atoms with Crippen molar-refractivity contribution in [1.82, 2.24) is 4.72 Å². The Morgan fingerprint density at radius 3 is 2.58 bits per heavy atom. The maximum atomic E-state index is 11.9. The van der Waals surface area contributed by atoms with E-state index >= 15 is 0 Å². The van der Waals surface area contributed by atoms with Crippen LogP contribution in [-0.4, -0.2) is 25.8 Å². The van der Waals surface area contributed by atoms with Crippen LogP contribution in [0.5, 0.6) is 0 Å². The molecule has 0 heterocycles. The molecule has 0 fully saturated rings. The average Bonchev–Trinajstić information content (AvgIpc) is 2.32. The van der Waals surface area contributed by atoms with Gasteiger partial charge in [0, 0.05) is 24.1 Å². The fraction of sp³-hybridized carbons (Fsp3) is 0.400. The highest BCUT2D eigenvalue weighted by atomic mass is 35.5. The third kappa shape index (κ3) is 4.04. The molecule has 0 radical (unpaired) electrons. The molecule has 0 saturated heterocycles. The monoisotopic (exact) mass is 326 g/mol. The molecule has 1 rings (SSSR count). The molecule has 0 spiro atoms. The van der Waals surface area contributed by atoms with E-state index < -0.39 is 14.9 Å². The third-order valence-electron chi connectivity index (χ3n) is 2.40. The molecule has 1 aromatic rings. The first-order valence-electron chi connectivity index (χ1n) is 5.29. The van der Waals surface area contributed by atoms with Gasteiger partial charge in [-0.15, -0.1) is 11.6 Å². The van der Waals surface area contributed by atoms with Crippen molar-refractivity contribution in [1.29, 1.82) is 0 Å². The summed E-state index contributed by atoms with van der Waals surface area (Å²) in [4.78, 5) is 9.93. The number of nitrogens with zero attached hydrogens (tertiary/aromatic N) is 1. The second-order valence-corrected chi connectivity index (χ2v) is 6.30. The second kappa shape index (κ2) is 6.51. The quantitative estimate of drug-likeness (QED) is 0.376. The molecule has 6 nitrogen and oxygen atoms in total. The molecule has 0 unspecified atom stereocenters. The van der Waals surface area contributed by atoms with Crippen molar-refractivity contribution in [3.8, 4) is 0 Å². The summed E-state index contributed by atoms with van der Waals surface area (Å²) in [5, 5.41) is 10.9. The summed E-state index contributed by atoms with van der Waals surface area (Å²) in [7, 11) is -3.83. The van der Waals surface area contributed by atoms with Crippen LogP contribution >= 0.6 is 23.2 Å². The summed E-state index contributed by atoms with van der Waals surface area (Å²) in [6, 6.07) is 2.18. The van der Waals surface area contributed by atoms with Gasteiger partial charge in [-0.2, -0.15) is 0 Å². The van der Waals surface area contributed by atoms with Crippen molar-refractivity contribution in [2.75, 3.05) is 12.4 Å². The topological polar surface area (TPSA) is 89.3 Å². The van der Waals surface area contributed by atoms with Gasteiger partial charge in [-0.05, 0) is 19.4 Å². The van der Waals surface area contributed by atoms with E-state index in [2.05, 4.69) is 4.72 Å². The number of rotatable bonds is 6. The first kappa shape index (κ1) is 16.2. The molecular formula is C10H12Cl2N2O4S. The summed E-state index contributed by atoms with van der Waals surface area (Å²) in [5.41, 5.74) is -0.100. The van der Waals surface area contributed by atoms with Crippen LogP contribution in [0, 0.1) is 17.0 Å². The van der Waals surface area contributed by atoms with Crippen LogP contribution in [0.4, 0.5) is 5.69 Å². The average molecular weight is 327 g/mol. The van der Waals surface area contributed by atoms with Gasteiger partial charge in [-0.25, -0.2) is 13.1 Å². The first-order chi connectivity index (χ1) is 8.79. The molecule has 0 aliphatic heterocycles. The SMILES string of the molecule is Cc1c(Cl)cc(S(=O)(=O)NCCCCl)cc1[N+](=O)[O-]. The van der Waals surface area contributed by atoms with Gasteiger partial charge >= 0.3 is 0 Å². The first-order valence-corrected chi connectivity index (χ1v) is 7.69. The Kier molecular flexibility index (Phi) is 5.54. The van der Waals surface area contributed by atoms with Crippen LogP contribution in [0.15, 0.2) is 17.0 Å². The van der Waals surface area contributed by atoms with Crippen LogP contribution in [0.2, 0.25) is 5.02 Å². The zero-order valence-electron chi connectivity index (χ0n) is 10.0. The van der Waals surface area contributed by atoms with E-state index in [9.17, 15) is 18.5 Å². The fourth-order valence-electron chi connectivity index (χ4n) is 1.34. The van der Waals surface area contributed by atoms with Crippen LogP contribution in [0.1, 0.15) is 12.0 Å². The smallest absolute Gasteiger partial charge is 0.258 e. The van der Waals surface area contributed by atoms with Crippen LogP contribution in [0.25, 0.3) is 0 Å². The number of alkyl halides is 1. The lowest BCUT2D eigenvalue weighted by Gasteiger charge is -2.08. The Balaban J connectivity index is 3.17. The minimum Gasteiger partial charge on any atom is -0.258 e. The summed E-state index contributed by atoms with van der Waals surface area (Å²) >= 11 is 11.3. The number of nitro groups is 1. The zero-order valence-corrected chi connectivity index (χ0v) is 12.3. The number of benzene rings is 1. The van der Waals surface area contributed by atoms with Crippen LogP contribution < -0.4 is 4.72 Å². The van der Waals surface area contributed by atoms with E-state index in [1.165, 1.54) is 13.0 Å². The number of sulfonamides is 1. The lowest BCUT2D eigenvalue weighted by atomic mass is 10.2. The maximum Gasteiger partial charge on any atom is 0.275 e. The van der Waals surface area contributed by atoms with Crippen LogP contribution in [0.3, 0.4) is 0 Å². The molecule has 0 saturated carbocycles. The van der Waals surface area contributed by atoms with E-state index in [1.807, 2.05) is 0 Å². The zero-order chi connectivity index (χ0) is 14.6. The Morgan fingerprint density at radius 2 is 2.05 bits per heavy atom. The molecule has 1 N–H and O–H groups in total. The number of hydrogen-bond donors (Lipinski definition) is 1. The molecule has 0 aromatic heterocycles. The largest absolute Gasteiger partial charge is 0.275 e. The van der Waals surface area contributed by atoms with Crippen LogP contribution in [-0.2, 0) is 10.0 Å². The minimum absolute atomic E-state index is 0.0342. The van der Waals surface area contributed by atoms with E-state index in [-0.39, 0.29) is 27.7 Å². The van der Waals surface area contributed by atoms with Crippen molar-refractivity contribution >= 4 is 38.9 Å². The number of nitrogens with one attached hydrogen (secondary N) is 1. The Labute approximate surface area is 120 Å². The van der Waals surface area contributed by atoms with Gasteiger partial charge in [0.05, 0.1) is 14.8 Å². The summed E-state index contributed by atoms with van der Waals surface area (Å²) in [5.74, 6) is 0.317. The van der Waals surface area contributed by atoms with E-state index in [0.29, 0.717) is 12.3 Å². The summed E-state index contributed by atoms with van der Waals surface area (Å²) < 4.78 is 26.1. The predicted molar refractivity (Wildman–Crippen MR) is 73.4 cm³/mol. The van der Waals surface area contributed by atoms with Gasteiger partial charge in [-0.3, -0.25) is 10.1 Å². The number of halogens is 2. The molecule has 0 atom stereocenters. The molecule has 9 heteroatoms. The Hall–Kier alpha value is -0.890. The van der Waals surface area contributed by atoms with E-state index in [1.54, 1.807) is 0 Å². The lowest BCUT2D eigenvalue weighted by Crippen LogP contribution is -2.25. The minimum atomic E-state index is -3.83. The van der Waals surface area contributed by atoms with Crippen molar-refractivity contribution in [3.05, 3.63) is 32.8 Å². The van der Waals surface area contributed by atoms with Gasteiger partial charge < -0.3 is 0 Å². The van der Waals surface area contributed by atoms with Crippen molar-refractivity contribution in [3.63, 3.8) is 0 Å². The molecule has 1 aromatic carbocycles. The van der Waals surface area contributed by atoms with Gasteiger partial charge in [-0.1, -0.05) is 11.6 Å². The van der Waals surface area contributed by atoms with Crippen molar-refractivity contribution in [2.24, 2.45) is 0 Å². The van der Waals surface area contributed by atoms with Gasteiger partial charge in [0.25, 0.3) is 5.69 Å². The summed E-state index contributed by atoms with van der Waals surface area (Å²) in [6.45, 7) is 1.61. The van der Waals surface area contributed by atoms with Crippen molar-refractivity contribution in [2.45, 2.75) is 18.2 Å². The standard InChI is InChI=1S/C10H12Cl2N2O4S/c1-7-9(12)5-8(6-10(7)14(15)16)19(17,18)13-4-2-3-11/h5-6,13H,2-4H2,1H3. The van der Waals surface area contributed by atoms with E-state index in [0.717, 1.165) is 6.07 Å². The molecule has 0 aliphatic carbocycles. The molecule has 19 heavy (non-hydrogen) atoms. The Morgan fingerprint density at radius 1 is 1.42 bits per heavy atom. The predicted octanol–water partition coefficient (Wildman–Crippen LogP) is 2.46. The second-order valence-electron chi connectivity index (χ2n) is 3.75. The van der Waals surface area contributed by atoms with Crippen molar-refractivity contribution < 1.29 is 13.3 Å². The maximum absolute atomic E-state index is 11.9.